The molecule has 1 aromatic heterocycles. The number of hydrogen-bond acceptors (Lipinski definition) is 6. The molecule has 0 aliphatic rings. The summed E-state index contributed by atoms with van der Waals surface area (Å²) >= 11 is 2.67. The number of aromatic nitrogens is 2. The van der Waals surface area contributed by atoms with Crippen molar-refractivity contribution < 1.29 is 9.90 Å². The molecule has 0 fully saturated rings. The van der Waals surface area contributed by atoms with Crippen molar-refractivity contribution in [3.63, 3.8) is 0 Å². The third-order valence-corrected chi connectivity index (χ3v) is 4.89. The van der Waals surface area contributed by atoms with Crippen LogP contribution in [0.3, 0.4) is 0 Å². The van der Waals surface area contributed by atoms with Crippen LogP contribution in [0.5, 0.6) is 0 Å². The normalized spacial score (nSPS) is 14.0. The largest absolute Gasteiger partial charge is 0.480 e. The molecule has 7 heteroatoms. The maximum absolute atomic E-state index is 12.0. The van der Waals surface area contributed by atoms with Gasteiger partial charge in [0, 0.05) is 11.8 Å². The molecule has 5 nitrogen and oxygen atoms in total. The minimum atomic E-state index is -1.15. The van der Waals surface area contributed by atoms with Crippen LogP contribution in [0.4, 0.5) is 0 Å². The van der Waals surface area contributed by atoms with Crippen molar-refractivity contribution in [1.82, 2.24) is 14.7 Å². The summed E-state index contributed by atoms with van der Waals surface area (Å²) in [4.78, 5) is 16.1. The summed E-state index contributed by atoms with van der Waals surface area (Å²) in [6, 6.07) is 9.30. The molecule has 1 aromatic carbocycles. The molecule has 2 N–H and O–H groups in total. The molecule has 1 atom stereocenters. The molecule has 1 heterocycles. The Balaban J connectivity index is 2.33. The van der Waals surface area contributed by atoms with Gasteiger partial charge in [-0.2, -0.15) is 4.37 Å². The van der Waals surface area contributed by atoms with E-state index in [4.69, 9.17) is 0 Å². The van der Waals surface area contributed by atoms with Crippen LogP contribution in [0.2, 0.25) is 0 Å². The van der Waals surface area contributed by atoms with E-state index in [-0.39, 0.29) is 6.04 Å². The van der Waals surface area contributed by atoms with Crippen LogP contribution in [0.15, 0.2) is 41.0 Å². The Morgan fingerprint density at radius 3 is 2.67 bits per heavy atom. The van der Waals surface area contributed by atoms with Gasteiger partial charge in [-0.05, 0) is 30.9 Å². The number of hydrogen-bond donors (Lipinski definition) is 2. The number of nitrogens with zero attached hydrogens (tertiary/aromatic N) is 2. The zero-order valence-electron chi connectivity index (χ0n) is 11.8. The van der Waals surface area contributed by atoms with Crippen molar-refractivity contribution in [3.05, 3.63) is 42.2 Å². The smallest absolute Gasteiger partial charge is 0.329 e. The van der Waals surface area contributed by atoms with Crippen molar-refractivity contribution in [3.8, 4) is 0 Å². The molecule has 0 radical (unpaired) electrons. The second-order valence-corrected chi connectivity index (χ2v) is 6.87. The standard InChI is InChI=1S/C14H17N3O2S2/c1-10(2)17-14(12(18)19,11-6-4-3-5-7-11)8-20-13-15-9-16-21-13/h3-7,9-10,17H,8H2,1-2H3,(H,18,19). The van der Waals surface area contributed by atoms with Gasteiger partial charge in [-0.15, -0.1) is 0 Å². The van der Waals surface area contributed by atoms with Gasteiger partial charge in [-0.25, -0.2) is 9.78 Å². The first-order chi connectivity index (χ1) is 10.0. The summed E-state index contributed by atoms with van der Waals surface area (Å²) in [5, 5.41) is 13.1. The summed E-state index contributed by atoms with van der Waals surface area (Å²) in [6.07, 6.45) is 1.48. The predicted molar refractivity (Wildman–Crippen MR) is 84.7 cm³/mol. The average Bonchev–Trinajstić information content (AvgIpc) is 2.97. The van der Waals surface area contributed by atoms with Crippen LogP contribution in [0.25, 0.3) is 0 Å². The van der Waals surface area contributed by atoms with E-state index in [1.807, 2.05) is 44.2 Å². The van der Waals surface area contributed by atoms with E-state index in [2.05, 4.69) is 14.7 Å². The summed E-state index contributed by atoms with van der Waals surface area (Å²) in [7, 11) is 0. The van der Waals surface area contributed by atoms with E-state index in [9.17, 15) is 9.90 Å². The first kappa shape index (κ1) is 15.9. The average molecular weight is 323 g/mol. The highest BCUT2D eigenvalue weighted by Crippen LogP contribution is 2.31. The first-order valence-corrected chi connectivity index (χ1v) is 8.26. The third-order valence-electron chi connectivity index (χ3n) is 2.92. The zero-order valence-corrected chi connectivity index (χ0v) is 13.4. The molecule has 0 aliphatic carbocycles. The van der Waals surface area contributed by atoms with Gasteiger partial charge in [0.05, 0.1) is 0 Å². The van der Waals surface area contributed by atoms with E-state index < -0.39 is 11.5 Å². The lowest BCUT2D eigenvalue weighted by Gasteiger charge is -2.32. The van der Waals surface area contributed by atoms with Gasteiger partial charge in [0.25, 0.3) is 0 Å². The van der Waals surface area contributed by atoms with Gasteiger partial charge in [0.15, 0.2) is 9.88 Å². The van der Waals surface area contributed by atoms with Crippen molar-refractivity contribution in [2.24, 2.45) is 0 Å². The first-order valence-electron chi connectivity index (χ1n) is 6.50. The lowest BCUT2D eigenvalue weighted by Crippen LogP contribution is -2.54. The highest BCUT2D eigenvalue weighted by Gasteiger charge is 2.41. The summed E-state index contributed by atoms with van der Waals surface area (Å²) < 4.78 is 4.71. The van der Waals surface area contributed by atoms with Gasteiger partial charge in [-0.1, -0.05) is 42.1 Å². The second-order valence-electron chi connectivity index (χ2n) is 4.87. The molecule has 2 rings (SSSR count). The minimum Gasteiger partial charge on any atom is -0.480 e. The van der Waals surface area contributed by atoms with Gasteiger partial charge < -0.3 is 5.11 Å². The molecule has 0 bridgehead atoms. The molecule has 0 aliphatic heterocycles. The Bertz CT molecular complexity index is 575. The Hall–Kier alpha value is -1.44. The lowest BCUT2D eigenvalue weighted by atomic mass is 9.91. The van der Waals surface area contributed by atoms with E-state index in [1.165, 1.54) is 29.6 Å². The molecular weight excluding hydrogens is 306 g/mol. The Kier molecular flexibility index (Phi) is 5.33. The Morgan fingerprint density at radius 1 is 1.43 bits per heavy atom. The number of benzene rings is 1. The van der Waals surface area contributed by atoms with E-state index in [1.54, 1.807) is 0 Å². The summed E-state index contributed by atoms with van der Waals surface area (Å²) in [5.41, 5.74) is -0.408. The number of nitrogens with one attached hydrogen (secondary N) is 1. The molecule has 0 saturated heterocycles. The summed E-state index contributed by atoms with van der Waals surface area (Å²) in [6.45, 7) is 3.88. The minimum absolute atomic E-state index is 0.0383. The molecule has 21 heavy (non-hydrogen) atoms. The van der Waals surface area contributed by atoms with Crippen molar-refractivity contribution in [2.75, 3.05) is 5.75 Å². The second kappa shape index (κ2) is 7.02. The molecule has 2 aromatic rings. The fourth-order valence-corrected chi connectivity index (χ4v) is 3.70. The molecule has 1 unspecified atom stereocenters. The van der Waals surface area contributed by atoms with Gasteiger partial charge in [-0.3, -0.25) is 5.32 Å². The van der Waals surface area contributed by atoms with Crippen molar-refractivity contribution in [2.45, 2.75) is 29.8 Å². The monoisotopic (exact) mass is 323 g/mol. The number of thioether (sulfide) groups is 1. The van der Waals surface area contributed by atoms with Crippen LogP contribution in [-0.4, -0.2) is 32.2 Å². The number of rotatable bonds is 7. The number of carboxylic acid groups (broad SMARTS) is 1. The maximum Gasteiger partial charge on any atom is 0.329 e. The highest BCUT2D eigenvalue weighted by molar-refractivity contribution is 8.01. The molecule has 112 valence electrons. The lowest BCUT2D eigenvalue weighted by molar-refractivity contribution is -0.144. The van der Waals surface area contributed by atoms with Crippen LogP contribution in [0, 0.1) is 0 Å². The topological polar surface area (TPSA) is 75.1 Å². The van der Waals surface area contributed by atoms with Crippen LogP contribution >= 0.6 is 23.3 Å². The molecule has 0 amide bonds. The molecule has 0 spiro atoms. The maximum atomic E-state index is 12.0. The third kappa shape index (κ3) is 3.81. The SMILES string of the molecule is CC(C)NC(CSc1ncns1)(C(=O)O)c1ccccc1. The van der Waals surface area contributed by atoms with E-state index in [0.29, 0.717) is 5.75 Å². The van der Waals surface area contributed by atoms with Crippen LogP contribution < -0.4 is 5.32 Å². The van der Waals surface area contributed by atoms with E-state index in [0.717, 1.165) is 9.90 Å². The molecule has 0 saturated carbocycles. The van der Waals surface area contributed by atoms with Gasteiger partial charge in [0.1, 0.15) is 6.33 Å². The van der Waals surface area contributed by atoms with Crippen molar-refractivity contribution >= 4 is 29.3 Å². The fourth-order valence-electron chi connectivity index (χ4n) is 2.07. The Labute approximate surface area is 132 Å². The highest BCUT2D eigenvalue weighted by atomic mass is 32.2. The predicted octanol–water partition coefficient (Wildman–Crippen LogP) is 2.61. The zero-order chi connectivity index (χ0) is 15.3. The fraction of sp³-hybridized carbons (Fsp3) is 0.357. The van der Waals surface area contributed by atoms with Crippen LogP contribution in [0.1, 0.15) is 19.4 Å². The quantitative estimate of drug-likeness (QED) is 0.763. The summed E-state index contributed by atoms with van der Waals surface area (Å²) in [5.74, 6) is -0.542. The Morgan fingerprint density at radius 2 is 2.14 bits per heavy atom. The number of aliphatic carboxylic acids is 1. The van der Waals surface area contributed by atoms with Crippen molar-refractivity contribution in [1.29, 1.82) is 0 Å². The van der Waals surface area contributed by atoms with Crippen LogP contribution in [-0.2, 0) is 10.3 Å². The number of carboxylic acids is 1. The number of carbonyl (C=O) groups is 1. The van der Waals surface area contributed by atoms with Gasteiger partial charge in [0.2, 0.25) is 0 Å². The molecular formula is C14H17N3O2S2. The van der Waals surface area contributed by atoms with E-state index >= 15 is 0 Å². The van der Waals surface area contributed by atoms with Gasteiger partial charge >= 0.3 is 5.97 Å².